The summed E-state index contributed by atoms with van der Waals surface area (Å²) in [5.41, 5.74) is 7.80. The maximum atomic E-state index is 5.62. The van der Waals surface area contributed by atoms with Crippen LogP contribution in [0.4, 0.5) is 0 Å². The van der Waals surface area contributed by atoms with Gasteiger partial charge in [-0.2, -0.15) is 0 Å². The second-order valence-corrected chi connectivity index (χ2v) is 4.42. The molecule has 1 aromatic carbocycles. The average molecular weight is 288 g/mol. The summed E-state index contributed by atoms with van der Waals surface area (Å²) in [7, 11) is 0. The zero-order valence-electron chi connectivity index (χ0n) is 9.75. The van der Waals surface area contributed by atoms with Crippen LogP contribution in [-0.4, -0.2) is 19.9 Å². The highest BCUT2D eigenvalue weighted by atomic mass is 79.9. The van der Waals surface area contributed by atoms with E-state index in [9.17, 15) is 0 Å². The first-order chi connectivity index (χ1) is 7.69. The van der Waals surface area contributed by atoms with E-state index in [1.807, 2.05) is 26.0 Å². The van der Waals surface area contributed by atoms with E-state index in [0.29, 0.717) is 13.2 Å². The summed E-state index contributed by atoms with van der Waals surface area (Å²) >= 11 is 3.47. The highest BCUT2D eigenvalue weighted by Crippen LogP contribution is 2.28. The summed E-state index contributed by atoms with van der Waals surface area (Å²) < 4.78 is 11.9. The van der Waals surface area contributed by atoms with Gasteiger partial charge in [0.25, 0.3) is 0 Å². The van der Waals surface area contributed by atoms with Crippen LogP contribution in [0.5, 0.6) is 5.75 Å². The third kappa shape index (κ3) is 3.77. The molecule has 0 atom stereocenters. The molecule has 1 aromatic rings. The Hall–Kier alpha value is -0.580. The van der Waals surface area contributed by atoms with Crippen molar-refractivity contribution in [2.75, 3.05) is 19.9 Å². The van der Waals surface area contributed by atoms with Crippen molar-refractivity contribution in [3.8, 4) is 5.75 Å². The molecule has 0 aliphatic rings. The van der Waals surface area contributed by atoms with Gasteiger partial charge in [0.05, 0.1) is 0 Å². The molecule has 0 bridgehead atoms. The lowest BCUT2D eigenvalue weighted by molar-refractivity contribution is 0.0214. The monoisotopic (exact) mass is 287 g/mol. The zero-order valence-corrected chi connectivity index (χ0v) is 11.3. The molecule has 0 aliphatic carbocycles. The largest absolute Gasteiger partial charge is 0.467 e. The van der Waals surface area contributed by atoms with E-state index < -0.39 is 0 Å². The average Bonchev–Trinajstić information content (AvgIpc) is 2.22. The number of hydrogen-bond donors (Lipinski definition) is 1. The van der Waals surface area contributed by atoms with Crippen LogP contribution in [-0.2, 0) is 11.2 Å². The highest BCUT2D eigenvalue weighted by molar-refractivity contribution is 9.10. The van der Waals surface area contributed by atoms with E-state index in [2.05, 4.69) is 15.9 Å². The topological polar surface area (TPSA) is 44.5 Å². The predicted octanol–water partition coefficient (Wildman–Crippen LogP) is 2.63. The number of aryl methyl sites for hydroxylation is 1. The minimum atomic E-state index is 0.288. The normalized spacial score (nSPS) is 10.5. The molecule has 0 aromatic heterocycles. The Labute approximate surface area is 105 Å². The Morgan fingerprint density at radius 3 is 2.75 bits per heavy atom. The van der Waals surface area contributed by atoms with Crippen molar-refractivity contribution < 1.29 is 9.47 Å². The van der Waals surface area contributed by atoms with Crippen LogP contribution >= 0.6 is 15.9 Å². The molecule has 2 N–H and O–H groups in total. The summed E-state index contributed by atoms with van der Waals surface area (Å²) in [4.78, 5) is 0. The second-order valence-electron chi connectivity index (χ2n) is 3.50. The third-order valence-electron chi connectivity index (χ3n) is 2.22. The molecule has 0 unspecified atom stereocenters. The van der Waals surface area contributed by atoms with Gasteiger partial charge in [0.1, 0.15) is 5.75 Å². The van der Waals surface area contributed by atoms with Gasteiger partial charge in [-0.3, -0.25) is 0 Å². The molecule has 0 heterocycles. The Balaban J connectivity index is 2.85. The molecule has 90 valence electrons. The van der Waals surface area contributed by atoms with E-state index in [-0.39, 0.29) is 6.79 Å². The standard InChI is InChI=1S/C12H18BrNO2/c1-3-15-8-16-12-9(2)6-11(13)7-10(12)4-5-14/h6-7H,3-5,8,14H2,1-2H3. The molecule has 4 heteroatoms. The van der Waals surface area contributed by atoms with Crippen molar-refractivity contribution in [3.63, 3.8) is 0 Å². The first-order valence-corrected chi connectivity index (χ1v) is 6.18. The summed E-state index contributed by atoms with van der Waals surface area (Å²) in [6.45, 7) is 5.52. The summed E-state index contributed by atoms with van der Waals surface area (Å²) in [6, 6.07) is 4.07. The Morgan fingerprint density at radius 1 is 1.38 bits per heavy atom. The summed E-state index contributed by atoms with van der Waals surface area (Å²) in [6.07, 6.45) is 0.807. The van der Waals surface area contributed by atoms with Gasteiger partial charge in [-0.25, -0.2) is 0 Å². The van der Waals surface area contributed by atoms with E-state index in [1.54, 1.807) is 0 Å². The van der Waals surface area contributed by atoms with Crippen LogP contribution in [0.25, 0.3) is 0 Å². The molecule has 0 aliphatic heterocycles. The minimum absolute atomic E-state index is 0.288. The van der Waals surface area contributed by atoms with E-state index in [4.69, 9.17) is 15.2 Å². The number of rotatable bonds is 6. The molecule has 16 heavy (non-hydrogen) atoms. The smallest absolute Gasteiger partial charge is 0.189 e. The number of hydrogen-bond acceptors (Lipinski definition) is 3. The third-order valence-corrected chi connectivity index (χ3v) is 2.68. The van der Waals surface area contributed by atoms with Crippen molar-refractivity contribution in [1.29, 1.82) is 0 Å². The predicted molar refractivity (Wildman–Crippen MR) is 68.8 cm³/mol. The van der Waals surface area contributed by atoms with Crippen LogP contribution in [0.2, 0.25) is 0 Å². The fourth-order valence-electron chi connectivity index (χ4n) is 1.53. The van der Waals surface area contributed by atoms with Gasteiger partial charge in [0.2, 0.25) is 0 Å². The first kappa shape index (κ1) is 13.5. The summed E-state index contributed by atoms with van der Waals surface area (Å²) in [5, 5.41) is 0. The molecular formula is C12H18BrNO2. The number of benzene rings is 1. The van der Waals surface area contributed by atoms with Gasteiger partial charge in [-0.1, -0.05) is 15.9 Å². The zero-order chi connectivity index (χ0) is 12.0. The number of ether oxygens (including phenoxy) is 2. The van der Waals surface area contributed by atoms with Crippen LogP contribution < -0.4 is 10.5 Å². The van der Waals surface area contributed by atoms with Crippen LogP contribution in [0.15, 0.2) is 16.6 Å². The lowest BCUT2D eigenvalue weighted by atomic mass is 10.1. The van der Waals surface area contributed by atoms with Crippen LogP contribution in [0.1, 0.15) is 18.1 Å². The van der Waals surface area contributed by atoms with E-state index in [1.165, 1.54) is 0 Å². The SMILES string of the molecule is CCOCOc1c(C)cc(Br)cc1CCN. The number of halogens is 1. The molecule has 3 nitrogen and oxygen atoms in total. The highest BCUT2D eigenvalue weighted by Gasteiger charge is 2.08. The van der Waals surface area contributed by atoms with Crippen molar-refractivity contribution >= 4 is 15.9 Å². The van der Waals surface area contributed by atoms with Gasteiger partial charge in [-0.05, 0) is 50.1 Å². The molecule has 0 saturated heterocycles. The Morgan fingerprint density at radius 2 is 2.12 bits per heavy atom. The first-order valence-electron chi connectivity index (χ1n) is 5.38. The van der Waals surface area contributed by atoms with Crippen molar-refractivity contribution in [1.82, 2.24) is 0 Å². The van der Waals surface area contributed by atoms with Crippen LogP contribution in [0.3, 0.4) is 0 Å². The molecule has 0 amide bonds. The Kier molecular flexibility index (Phi) is 5.80. The Bertz CT molecular complexity index is 342. The van der Waals surface area contributed by atoms with Gasteiger partial charge in [0.15, 0.2) is 6.79 Å². The van der Waals surface area contributed by atoms with Crippen molar-refractivity contribution in [2.45, 2.75) is 20.3 Å². The minimum Gasteiger partial charge on any atom is -0.467 e. The molecule has 0 saturated carbocycles. The molecule has 1 rings (SSSR count). The fourth-order valence-corrected chi connectivity index (χ4v) is 2.15. The van der Waals surface area contributed by atoms with Crippen molar-refractivity contribution in [2.24, 2.45) is 5.73 Å². The van der Waals surface area contributed by atoms with Gasteiger partial charge in [-0.15, -0.1) is 0 Å². The summed E-state index contributed by atoms with van der Waals surface area (Å²) in [5.74, 6) is 0.891. The maximum Gasteiger partial charge on any atom is 0.189 e. The van der Waals surface area contributed by atoms with Gasteiger partial charge < -0.3 is 15.2 Å². The van der Waals surface area contributed by atoms with E-state index >= 15 is 0 Å². The lowest BCUT2D eigenvalue weighted by Gasteiger charge is -2.14. The quantitative estimate of drug-likeness (QED) is 0.646. The van der Waals surface area contributed by atoms with Gasteiger partial charge >= 0.3 is 0 Å². The second kappa shape index (κ2) is 6.89. The fraction of sp³-hybridized carbons (Fsp3) is 0.500. The molecule has 0 radical (unpaired) electrons. The molecular weight excluding hydrogens is 270 g/mol. The van der Waals surface area contributed by atoms with Crippen LogP contribution in [0, 0.1) is 6.92 Å². The van der Waals surface area contributed by atoms with E-state index in [0.717, 1.165) is 27.8 Å². The molecule has 0 fully saturated rings. The van der Waals surface area contributed by atoms with Gasteiger partial charge in [0, 0.05) is 11.1 Å². The maximum absolute atomic E-state index is 5.62. The molecule has 0 spiro atoms. The number of nitrogens with two attached hydrogens (primary N) is 1. The lowest BCUT2D eigenvalue weighted by Crippen LogP contribution is -2.09. The van der Waals surface area contributed by atoms with Crippen molar-refractivity contribution in [3.05, 3.63) is 27.7 Å².